The van der Waals surface area contributed by atoms with E-state index in [-0.39, 0.29) is 23.7 Å². The van der Waals surface area contributed by atoms with Gasteiger partial charge in [0.25, 0.3) is 5.91 Å². The number of amides is 1. The Morgan fingerprint density at radius 2 is 1.97 bits per heavy atom. The van der Waals surface area contributed by atoms with Crippen LogP contribution in [0.4, 0.5) is 0 Å². The molecule has 6 nitrogen and oxygen atoms in total. The second-order valence-electron chi connectivity index (χ2n) is 12.4. The minimum Gasteiger partial charge on any atom is -0.504 e. The summed E-state index contributed by atoms with van der Waals surface area (Å²) in [6.07, 6.45) is 4.90. The van der Waals surface area contributed by atoms with Crippen LogP contribution in [-0.2, 0) is 16.6 Å². The number of phenolic OH excluding ortho intramolecular Hbond substituents is 1. The Bertz CT molecular complexity index is 1400. The summed E-state index contributed by atoms with van der Waals surface area (Å²) in [4.78, 5) is 17.6. The van der Waals surface area contributed by atoms with Crippen LogP contribution in [-0.4, -0.2) is 69.8 Å². The number of ether oxygens (including phenoxy) is 1. The highest BCUT2D eigenvalue weighted by Crippen LogP contribution is 2.66. The van der Waals surface area contributed by atoms with Gasteiger partial charge < -0.3 is 19.8 Å². The zero-order valence-electron chi connectivity index (χ0n) is 22.5. The molecule has 3 aliphatic carbocycles. The van der Waals surface area contributed by atoms with Gasteiger partial charge >= 0.3 is 0 Å². The number of aromatic hydroxyl groups is 1. The summed E-state index contributed by atoms with van der Waals surface area (Å²) in [5.74, 6) is 7.02. The summed E-state index contributed by atoms with van der Waals surface area (Å²) in [6, 6.07) is 9.50. The van der Waals surface area contributed by atoms with E-state index in [9.17, 15) is 15.0 Å². The van der Waals surface area contributed by atoms with Crippen LogP contribution >= 0.6 is 0 Å². The minimum atomic E-state index is -0.956. The molecule has 2 saturated carbocycles. The maximum absolute atomic E-state index is 13.4. The van der Waals surface area contributed by atoms with E-state index < -0.39 is 17.1 Å². The first kappa shape index (κ1) is 24.1. The zero-order valence-corrected chi connectivity index (χ0v) is 22.5. The fourth-order valence-corrected chi connectivity index (χ4v) is 8.04. The van der Waals surface area contributed by atoms with Crippen LogP contribution in [0.1, 0.15) is 59.9 Å². The molecule has 2 aliphatic heterocycles. The Morgan fingerprint density at radius 3 is 2.74 bits per heavy atom. The standard InChI is InChI=1S/C32H36N2O4/c1-19-4-5-21(16-20(19)2)8-11-27(36)33(3)24-12-13-32(37)26-17-23-9-10-25(35)29-28(23)31(32,30(24)38-29)14-15-34(26)18-22-6-7-22/h4-5,9-10,16,22,24,26,30,35,37H,6-7,12-15,17-18H2,1-3H3/t24-,26+,30+,31+,32-/m1/s1. The van der Waals surface area contributed by atoms with Gasteiger partial charge in [-0.15, -0.1) is 0 Å². The minimum absolute atomic E-state index is 0.0254. The van der Waals surface area contributed by atoms with Crippen LogP contribution < -0.4 is 4.74 Å². The van der Waals surface area contributed by atoms with Crippen LogP contribution in [0.25, 0.3) is 0 Å². The van der Waals surface area contributed by atoms with E-state index >= 15 is 0 Å². The van der Waals surface area contributed by atoms with Crippen molar-refractivity contribution in [1.82, 2.24) is 9.80 Å². The van der Waals surface area contributed by atoms with Gasteiger partial charge in [0, 0.05) is 36.7 Å². The van der Waals surface area contributed by atoms with Gasteiger partial charge in [0.15, 0.2) is 11.5 Å². The molecular formula is C32H36N2O4. The molecule has 1 spiro atoms. The zero-order chi connectivity index (χ0) is 26.4. The number of hydrogen-bond acceptors (Lipinski definition) is 5. The van der Waals surface area contributed by atoms with Crippen LogP contribution in [0.5, 0.6) is 11.5 Å². The van der Waals surface area contributed by atoms with Gasteiger partial charge in [-0.05, 0) is 99.7 Å². The average molecular weight is 513 g/mol. The molecule has 3 fully saturated rings. The van der Waals surface area contributed by atoms with Gasteiger partial charge in [0.1, 0.15) is 6.10 Å². The Morgan fingerprint density at radius 1 is 1.16 bits per heavy atom. The highest BCUT2D eigenvalue weighted by atomic mass is 16.5. The molecule has 2 heterocycles. The maximum Gasteiger partial charge on any atom is 0.298 e. The van der Waals surface area contributed by atoms with E-state index in [0.29, 0.717) is 18.6 Å². The number of carbonyl (C=O) groups is 1. The average Bonchev–Trinajstić information content (AvgIpc) is 3.64. The molecule has 5 aliphatic rings. The molecule has 2 aromatic carbocycles. The number of aryl methyl sites for hydroxylation is 2. The third-order valence-corrected chi connectivity index (χ3v) is 10.4. The number of aliphatic hydroxyl groups is 1. The van der Waals surface area contributed by atoms with E-state index in [1.807, 2.05) is 31.2 Å². The summed E-state index contributed by atoms with van der Waals surface area (Å²) in [5, 5.41) is 23.4. The first-order valence-electron chi connectivity index (χ1n) is 14.1. The monoisotopic (exact) mass is 512 g/mol. The molecule has 1 saturated heterocycles. The first-order valence-corrected chi connectivity index (χ1v) is 14.1. The SMILES string of the molecule is Cc1ccc(C#CC(=O)N(C)[C@@H]2CC[C@@]3(O)[C@@H]4Cc5ccc(O)c6c5[C@@]3(CCN4CC3CC3)[C@H]2O6)cc1C. The number of rotatable bonds is 3. The van der Waals surface area contributed by atoms with Gasteiger partial charge in [0.05, 0.1) is 17.1 Å². The molecule has 198 valence electrons. The highest BCUT2D eigenvalue weighted by Gasteiger charge is 2.73. The summed E-state index contributed by atoms with van der Waals surface area (Å²) < 4.78 is 6.61. The summed E-state index contributed by atoms with van der Waals surface area (Å²) in [7, 11) is 1.80. The number of phenols is 1. The van der Waals surface area contributed by atoms with E-state index in [1.54, 1.807) is 18.0 Å². The summed E-state index contributed by atoms with van der Waals surface area (Å²) in [5.41, 5.74) is 3.72. The third kappa shape index (κ3) is 3.25. The molecule has 38 heavy (non-hydrogen) atoms. The number of benzene rings is 2. The van der Waals surface area contributed by atoms with Crippen molar-refractivity contribution in [2.45, 2.75) is 81.6 Å². The highest BCUT2D eigenvalue weighted by molar-refractivity contribution is 5.94. The molecule has 2 N–H and O–H groups in total. The lowest BCUT2D eigenvalue weighted by molar-refractivity contribution is -0.199. The lowest BCUT2D eigenvalue weighted by atomic mass is 9.48. The van der Waals surface area contributed by atoms with Crippen LogP contribution in [0, 0.1) is 31.6 Å². The normalized spacial score (nSPS) is 32.6. The van der Waals surface area contributed by atoms with Crippen LogP contribution in [0.3, 0.4) is 0 Å². The van der Waals surface area contributed by atoms with Crippen molar-refractivity contribution in [3.63, 3.8) is 0 Å². The van der Waals surface area contributed by atoms with E-state index in [2.05, 4.69) is 23.7 Å². The van der Waals surface area contributed by atoms with E-state index in [0.717, 1.165) is 48.5 Å². The van der Waals surface area contributed by atoms with E-state index in [1.165, 1.54) is 24.0 Å². The number of carbonyl (C=O) groups excluding carboxylic acids is 1. The Kier molecular flexibility index (Phi) is 5.22. The van der Waals surface area contributed by atoms with Gasteiger partial charge in [-0.25, -0.2) is 0 Å². The lowest BCUT2D eigenvalue weighted by Gasteiger charge is -2.64. The fourth-order valence-electron chi connectivity index (χ4n) is 8.04. The first-order chi connectivity index (χ1) is 18.2. The Balaban J connectivity index is 1.25. The molecule has 6 heteroatoms. The van der Waals surface area contributed by atoms with Crippen molar-refractivity contribution >= 4 is 5.91 Å². The molecule has 7 rings (SSSR count). The molecule has 2 bridgehead atoms. The number of piperidine rings is 1. The van der Waals surface area contributed by atoms with Crippen molar-refractivity contribution < 1.29 is 19.7 Å². The second kappa shape index (κ2) is 8.24. The fraction of sp³-hybridized carbons (Fsp3) is 0.531. The predicted octanol–water partition coefficient (Wildman–Crippen LogP) is 3.45. The van der Waals surface area contributed by atoms with Crippen molar-refractivity contribution in [2.24, 2.45) is 5.92 Å². The summed E-state index contributed by atoms with van der Waals surface area (Å²) >= 11 is 0. The molecular weight excluding hydrogens is 476 g/mol. The number of hydrogen-bond donors (Lipinski definition) is 2. The quantitative estimate of drug-likeness (QED) is 0.617. The lowest BCUT2D eigenvalue weighted by Crippen LogP contribution is -2.78. The van der Waals surface area contributed by atoms with Crippen molar-refractivity contribution in [1.29, 1.82) is 0 Å². The molecule has 0 radical (unpaired) electrons. The largest absolute Gasteiger partial charge is 0.504 e. The van der Waals surface area contributed by atoms with Crippen LogP contribution in [0.15, 0.2) is 30.3 Å². The van der Waals surface area contributed by atoms with Crippen molar-refractivity contribution in [3.05, 3.63) is 58.1 Å². The maximum atomic E-state index is 13.4. The Hall–Kier alpha value is -3.01. The molecule has 1 amide bonds. The number of nitrogens with zero attached hydrogens (tertiary/aromatic N) is 2. The van der Waals surface area contributed by atoms with E-state index in [4.69, 9.17) is 4.74 Å². The van der Waals surface area contributed by atoms with Gasteiger partial charge in [-0.3, -0.25) is 9.69 Å². The molecule has 5 atom stereocenters. The number of likely N-dealkylation sites (tertiary alicyclic amines) is 1. The Labute approximate surface area is 224 Å². The smallest absolute Gasteiger partial charge is 0.298 e. The second-order valence-corrected chi connectivity index (χ2v) is 12.4. The predicted molar refractivity (Wildman–Crippen MR) is 144 cm³/mol. The summed E-state index contributed by atoms with van der Waals surface area (Å²) in [6.45, 7) is 6.05. The van der Waals surface area contributed by atoms with Crippen LogP contribution in [0.2, 0.25) is 0 Å². The molecule has 2 aromatic rings. The molecule has 0 unspecified atom stereocenters. The van der Waals surface area contributed by atoms with Gasteiger partial charge in [0.2, 0.25) is 0 Å². The van der Waals surface area contributed by atoms with Gasteiger partial charge in [-0.1, -0.05) is 18.1 Å². The molecule has 0 aromatic heterocycles. The topological polar surface area (TPSA) is 73.2 Å². The third-order valence-electron chi connectivity index (χ3n) is 10.4. The van der Waals surface area contributed by atoms with Crippen molar-refractivity contribution in [3.8, 4) is 23.3 Å². The van der Waals surface area contributed by atoms with Gasteiger partial charge in [-0.2, -0.15) is 0 Å². The van der Waals surface area contributed by atoms with Crippen molar-refractivity contribution in [2.75, 3.05) is 20.1 Å². The number of likely N-dealkylation sites (N-methyl/N-ethyl adjacent to an activating group) is 1.